The number of rotatable bonds is 3. The van der Waals surface area contributed by atoms with Crippen LogP contribution in [0.2, 0.25) is 0 Å². The molecule has 0 bridgehead atoms. The summed E-state index contributed by atoms with van der Waals surface area (Å²) in [5, 5.41) is 10.5. The van der Waals surface area contributed by atoms with E-state index in [4.69, 9.17) is 0 Å². The molecule has 3 rings (SSSR count). The van der Waals surface area contributed by atoms with E-state index in [1.54, 1.807) is 31.2 Å². The van der Waals surface area contributed by atoms with Crippen molar-refractivity contribution in [2.24, 2.45) is 0 Å². The summed E-state index contributed by atoms with van der Waals surface area (Å²) >= 11 is 1.37. The number of nitrogens with zero attached hydrogens (tertiary/aromatic N) is 2. The highest BCUT2D eigenvalue weighted by molar-refractivity contribution is 8.00. The molecule has 0 aliphatic carbocycles. The van der Waals surface area contributed by atoms with Gasteiger partial charge in [0.25, 0.3) is 5.69 Å². The number of thioether (sulfide) groups is 1. The van der Waals surface area contributed by atoms with Crippen LogP contribution >= 0.6 is 11.8 Å². The second kappa shape index (κ2) is 6.00. The smallest absolute Gasteiger partial charge is 0.269 e. The molecule has 0 aromatic heterocycles. The number of halogens is 1. The largest absolute Gasteiger partial charge is 0.295 e. The molecule has 2 aromatic rings. The van der Waals surface area contributed by atoms with Gasteiger partial charge < -0.3 is 0 Å². The van der Waals surface area contributed by atoms with Crippen LogP contribution in [0.3, 0.4) is 0 Å². The average Bonchev–Trinajstić information content (AvgIpc) is 2.92. The lowest BCUT2D eigenvalue weighted by molar-refractivity contribution is -0.384. The Labute approximate surface area is 136 Å². The third-order valence-corrected chi connectivity index (χ3v) is 4.88. The zero-order valence-corrected chi connectivity index (χ0v) is 13.0. The number of anilines is 1. The number of aryl methyl sites for hydroxylation is 1. The van der Waals surface area contributed by atoms with Crippen LogP contribution in [0, 0.1) is 22.9 Å². The summed E-state index contributed by atoms with van der Waals surface area (Å²) in [5.74, 6) is -0.275. The number of non-ortho nitro benzene ring substituents is 1. The SMILES string of the molecule is Cc1ccc(N2C(=O)CSC2c2cccc([N+](=O)[O-])c2)cc1F. The third-order valence-electron chi connectivity index (χ3n) is 3.67. The van der Waals surface area contributed by atoms with E-state index in [0.29, 0.717) is 16.8 Å². The molecule has 1 fully saturated rings. The second-order valence-corrected chi connectivity index (χ2v) is 6.28. The molecule has 1 atom stereocenters. The summed E-state index contributed by atoms with van der Waals surface area (Å²) in [6, 6.07) is 10.8. The molecule has 1 aliphatic rings. The Balaban J connectivity index is 2.01. The van der Waals surface area contributed by atoms with Crippen LogP contribution in [-0.2, 0) is 4.79 Å². The monoisotopic (exact) mass is 332 g/mol. The number of nitro benzene ring substituents is 1. The van der Waals surface area contributed by atoms with Gasteiger partial charge in [0.15, 0.2) is 0 Å². The van der Waals surface area contributed by atoms with Crippen molar-refractivity contribution in [3.8, 4) is 0 Å². The lowest BCUT2D eigenvalue weighted by Gasteiger charge is -2.24. The molecule has 0 saturated carbocycles. The predicted octanol–water partition coefficient (Wildman–Crippen LogP) is 3.82. The first-order valence-electron chi connectivity index (χ1n) is 6.91. The molecule has 23 heavy (non-hydrogen) atoms. The Morgan fingerprint density at radius 2 is 2.09 bits per heavy atom. The zero-order chi connectivity index (χ0) is 16.6. The van der Waals surface area contributed by atoms with E-state index in [1.165, 1.54) is 34.9 Å². The van der Waals surface area contributed by atoms with Crippen molar-refractivity contribution in [2.75, 3.05) is 10.7 Å². The van der Waals surface area contributed by atoms with Gasteiger partial charge >= 0.3 is 0 Å². The van der Waals surface area contributed by atoms with Crippen LogP contribution in [0.15, 0.2) is 42.5 Å². The van der Waals surface area contributed by atoms with Crippen molar-refractivity contribution in [3.63, 3.8) is 0 Å². The van der Waals surface area contributed by atoms with Crippen molar-refractivity contribution >= 4 is 29.0 Å². The van der Waals surface area contributed by atoms with Gasteiger partial charge in [0.1, 0.15) is 11.2 Å². The molecule has 1 heterocycles. The average molecular weight is 332 g/mol. The van der Waals surface area contributed by atoms with E-state index in [0.717, 1.165) is 0 Å². The molecule has 7 heteroatoms. The van der Waals surface area contributed by atoms with Crippen molar-refractivity contribution in [2.45, 2.75) is 12.3 Å². The topological polar surface area (TPSA) is 63.5 Å². The Morgan fingerprint density at radius 1 is 1.30 bits per heavy atom. The van der Waals surface area contributed by atoms with Crippen molar-refractivity contribution < 1.29 is 14.1 Å². The lowest BCUT2D eigenvalue weighted by Crippen LogP contribution is -2.28. The summed E-state index contributed by atoms with van der Waals surface area (Å²) in [6.07, 6.45) is 0. The number of benzene rings is 2. The molecule has 1 unspecified atom stereocenters. The van der Waals surface area contributed by atoms with Gasteiger partial charge in [-0.25, -0.2) is 4.39 Å². The van der Waals surface area contributed by atoms with Crippen LogP contribution in [0.25, 0.3) is 0 Å². The molecule has 5 nitrogen and oxygen atoms in total. The van der Waals surface area contributed by atoms with Crippen molar-refractivity contribution in [1.82, 2.24) is 0 Å². The van der Waals surface area contributed by atoms with Crippen molar-refractivity contribution in [3.05, 3.63) is 69.5 Å². The van der Waals surface area contributed by atoms with Crippen molar-refractivity contribution in [1.29, 1.82) is 0 Å². The summed E-state index contributed by atoms with van der Waals surface area (Å²) in [6.45, 7) is 1.65. The first-order valence-corrected chi connectivity index (χ1v) is 7.96. The minimum atomic E-state index is -0.471. The van der Waals surface area contributed by atoms with Crippen LogP contribution in [0.4, 0.5) is 15.8 Å². The van der Waals surface area contributed by atoms with Crippen LogP contribution in [0.5, 0.6) is 0 Å². The number of carbonyl (C=O) groups is 1. The minimum Gasteiger partial charge on any atom is -0.295 e. The molecule has 0 spiro atoms. The summed E-state index contributed by atoms with van der Waals surface area (Å²) in [5.41, 5.74) is 1.58. The minimum absolute atomic E-state index is 0.0301. The number of carbonyl (C=O) groups excluding carboxylic acids is 1. The number of hydrogen-bond acceptors (Lipinski definition) is 4. The molecule has 2 aromatic carbocycles. The summed E-state index contributed by atoms with van der Waals surface area (Å²) in [4.78, 5) is 24.2. The first-order chi connectivity index (χ1) is 11.0. The fourth-order valence-electron chi connectivity index (χ4n) is 2.47. The van der Waals surface area contributed by atoms with E-state index < -0.39 is 10.3 Å². The first kappa shape index (κ1) is 15.5. The maximum atomic E-state index is 13.8. The van der Waals surface area contributed by atoms with Crippen LogP contribution in [0.1, 0.15) is 16.5 Å². The molecule has 1 aliphatic heterocycles. The van der Waals surface area contributed by atoms with Gasteiger partial charge in [-0.1, -0.05) is 18.2 Å². The number of amides is 1. The molecular formula is C16H13FN2O3S. The van der Waals surface area contributed by atoms with Gasteiger partial charge in [0.05, 0.1) is 10.7 Å². The van der Waals surface area contributed by atoms with Crippen LogP contribution < -0.4 is 4.90 Å². The van der Waals surface area contributed by atoms with E-state index in [1.807, 2.05) is 0 Å². The number of hydrogen-bond donors (Lipinski definition) is 0. The maximum Gasteiger partial charge on any atom is 0.269 e. The van der Waals surface area contributed by atoms with Gasteiger partial charge in [-0.05, 0) is 30.2 Å². The Morgan fingerprint density at radius 3 is 2.78 bits per heavy atom. The zero-order valence-electron chi connectivity index (χ0n) is 12.2. The highest BCUT2D eigenvalue weighted by atomic mass is 32.2. The molecule has 0 N–H and O–H groups in total. The van der Waals surface area contributed by atoms with Crippen LogP contribution in [-0.4, -0.2) is 16.6 Å². The van der Waals surface area contributed by atoms with E-state index >= 15 is 0 Å². The molecular weight excluding hydrogens is 319 g/mol. The van der Waals surface area contributed by atoms with E-state index in [2.05, 4.69) is 0 Å². The maximum absolute atomic E-state index is 13.8. The lowest BCUT2D eigenvalue weighted by atomic mass is 10.1. The summed E-state index contributed by atoms with van der Waals surface area (Å²) in [7, 11) is 0. The predicted molar refractivity (Wildman–Crippen MR) is 86.9 cm³/mol. The quantitative estimate of drug-likeness (QED) is 0.633. The third kappa shape index (κ3) is 2.92. The molecule has 118 valence electrons. The summed E-state index contributed by atoms with van der Waals surface area (Å²) < 4.78 is 13.8. The highest BCUT2D eigenvalue weighted by Crippen LogP contribution is 2.42. The highest BCUT2D eigenvalue weighted by Gasteiger charge is 2.34. The van der Waals surface area contributed by atoms with Gasteiger partial charge in [-0.3, -0.25) is 19.8 Å². The Bertz CT molecular complexity index is 797. The molecule has 0 radical (unpaired) electrons. The van der Waals surface area contributed by atoms with Gasteiger partial charge in [-0.15, -0.1) is 11.8 Å². The fraction of sp³-hybridized carbons (Fsp3) is 0.188. The Kier molecular flexibility index (Phi) is 4.04. The fourth-order valence-corrected chi connectivity index (χ4v) is 3.64. The Hall–Kier alpha value is -2.41. The van der Waals surface area contributed by atoms with Gasteiger partial charge in [0, 0.05) is 17.8 Å². The van der Waals surface area contributed by atoms with Gasteiger partial charge in [0.2, 0.25) is 5.91 Å². The standard InChI is InChI=1S/C16H13FN2O3S/c1-10-5-6-12(8-14(10)17)18-15(20)9-23-16(18)11-3-2-4-13(7-11)19(21)22/h2-8,16H,9H2,1H3. The van der Waals surface area contributed by atoms with E-state index in [9.17, 15) is 19.3 Å². The second-order valence-electron chi connectivity index (χ2n) is 5.21. The molecule has 1 amide bonds. The normalized spacial score (nSPS) is 17.6. The van der Waals surface area contributed by atoms with Gasteiger partial charge in [-0.2, -0.15) is 0 Å². The molecule has 1 saturated heterocycles. The number of nitro groups is 1. The van der Waals surface area contributed by atoms with E-state index in [-0.39, 0.29) is 23.2 Å².